The van der Waals surface area contributed by atoms with E-state index in [9.17, 15) is 0 Å². The third-order valence-electron chi connectivity index (χ3n) is 2.57. The van der Waals surface area contributed by atoms with Gasteiger partial charge in [-0.05, 0) is 24.6 Å². The van der Waals surface area contributed by atoms with E-state index in [1.54, 1.807) is 13.2 Å². The van der Waals surface area contributed by atoms with Crippen molar-refractivity contribution in [3.63, 3.8) is 0 Å². The molecule has 96 valence electrons. The van der Waals surface area contributed by atoms with E-state index >= 15 is 0 Å². The molecule has 1 heterocycles. The summed E-state index contributed by atoms with van der Waals surface area (Å²) in [7, 11) is 1.58. The predicted octanol–water partition coefficient (Wildman–Crippen LogP) is 2.21. The number of nitrogens with two attached hydrogens (primary N) is 1. The quantitative estimate of drug-likeness (QED) is 0.919. The maximum atomic E-state index is 6.09. The second-order valence-electron chi connectivity index (χ2n) is 3.85. The van der Waals surface area contributed by atoms with Crippen molar-refractivity contribution in [1.29, 1.82) is 0 Å². The van der Waals surface area contributed by atoms with Crippen molar-refractivity contribution < 1.29 is 9.26 Å². The Labute approximate surface area is 110 Å². The van der Waals surface area contributed by atoms with E-state index in [1.165, 1.54) is 0 Å². The molecule has 1 aromatic carbocycles. The SMILES string of the molecule is COc1cc(C)c(-c2noc(CCN)n2)cc1Cl. The average molecular weight is 268 g/mol. The van der Waals surface area contributed by atoms with Crippen molar-refractivity contribution in [2.75, 3.05) is 13.7 Å². The summed E-state index contributed by atoms with van der Waals surface area (Å²) in [5.41, 5.74) is 7.23. The molecule has 0 atom stereocenters. The van der Waals surface area contributed by atoms with E-state index in [4.69, 9.17) is 26.6 Å². The van der Waals surface area contributed by atoms with Crippen LogP contribution in [0.2, 0.25) is 5.02 Å². The molecule has 0 aliphatic heterocycles. The Morgan fingerprint density at radius 3 is 2.89 bits per heavy atom. The Bertz CT molecular complexity index is 554. The van der Waals surface area contributed by atoms with Crippen LogP contribution in [0.5, 0.6) is 5.75 Å². The fourth-order valence-corrected chi connectivity index (χ4v) is 1.88. The minimum Gasteiger partial charge on any atom is -0.495 e. The smallest absolute Gasteiger partial charge is 0.228 e. The highest BCUT2D eigenvalue weighted by atomic mass is 35.5. The summed E-state index contributed by atoms with van der Waals surface area (Å²) < 4.78 is 10.2. The Balaban J connectivity index is 2.40. The van der Waals surface area contributed by atoms with Crippen LogP contribution < -0.4 is 10.5 Å². The summed E-state index contributed by atoms with van der Waals surface area (Å²) in [6, 6.07) is 3.61. The molecule has 18 heavy (non-hydrogen) atoms. The topological polar surface area (TPSA) is 74.2 Å². The van der Waals surface area contributed by atoms with Crippen molar-refractivity contribution in [1.82, 2.24) is 10.1 Å². The van der Waals surface area contributed by atoms with Gasteiger partial charge >= 0.3 is 0 Å². The number of methoxy groups -OCH3 is 1. The fraction of sp³-hybridized carbons (Fsp3) is 0.333. The van der Waals surface area contributed by atoms with Gasteiger partial charge in [-0.25, -0.2) is 0 Å². The lowest BCUT2D eigenvalue weighted by atomic mass is 10.1. The first-order valence-electron chi connectivity index (χ1n) is 5.53. The Kier molecular flexibility index (Phi) is 3.84. The number of nitrogens with zero attached hydrogens (tertiary/aromatic N) is 2. The molecule has 0 saturated heterocycles. The summed E-state index contributed by atoms with van der Waals surface area (Å²) in [5.74, 6) is 1.67. The van der Waals surface area contributed by atoms with Gasteiger partial charge in [-0.3, -0.25) is 0 Å². The Morgan fingerprint density at radius 2 is 2.22 bits per heavy atom. The van der Waals surface area contributed by atoms with Crippen LogP contribution in [-0.2, 0) is 6.42 Å². The number of benzene rings is 1. The first kappa shape index (κ1) is 12.9. The molecule has 0 bridgehead atoms. The molecule has 0 amide bonds. The molecule has 0 fully saturated rings. The number of hydrogen-bond acceptors (Lipinski definition) is 5. The van der Waals surface area contributed by atoms with Gasteiger partial charge in [0.15, 0.2) is 0 Å². The van der Waals surface area contributed by atoms with Gasteiger partial charge in [0.2, 0.25) is 11.7 Å². The van der Waals surface area contributed by atoms with Crippen molar-refractivity contribution in [2.24, 2.45) is 5.73 Å². The van der Waals surface area contributed by atoms with Crippen LogP contribution in [-0.4, -0.2) is 23.8 Å². The number of ether oxygens (including phenoxy) is 1. The second kappa shape index (κ2) is 5.37. The molecule has 0 aliphatic rings. The normalized spacial score (nSPS) is 10.7. The molecule has 0 spiro atoms. The number of aryl methyl sites for hydroxylation is 1. The molecule has 0 radical (unpaired) electrons. The lowest BCUT2D eigenvalue weighted by Crippen LogP contribution is -2.02. The first-order valence-corrected chi connectivity index (χ1v) is 5.90. The van der Waals surface area contributed by atoms with Crippen molar-refractivity contribution in [3.05, 3.63) is 28.6 Å². The molecule has 6 heteroatoms. The Morgan fingerprint density at radius 1 is 1.44 bits per heavy atom. The molecule has 2 rings (SSSR count). The number of hydrogen-bond donors (Lipinski definition) is 1. The summed E-state index contributed by atoms with van der Waals surface area (Å²) in [4.78, 5) is 4.27. The van der Waals surface area contributed by atoms with Gasteiger partial charge < -0.3 is 15.0 Å². The highest BCUT2D eigenvalue weighted by Gasteiger charge is 2.13. The molecule has 0 unspecified atom stereocenters. The van der Waals surface area contributed by atoms with Gasteiger partial charge in [0.05, 0.1) is 12.1 Å². The standard InChI is InChI=1S/C12H14ClN3O2/c1-7-5-10(17-2)9(13)6-8(7)12-15-11(3-4-14)18-16-12/h5-6H,3-4,14H2,1-2H3. The molecule has 2 N–H and O–H groups in total. The lowest BCUT2D eigenvalue weighted by Gasteiger charge is -2.07. The van der Waals surface area contributed by atoms with Crippen LogP contribution >= 0.6 is 11.6 Å². The third kappa shape index (κ3) is 2.47. The Hall–Kier alpha value is -1.59. The minimum absolute atomic E-state index is 0.476. The van der Waals surface area contributed by atoms with Crippen molar-refractivity contribution in [2.45, 2.75) is 13.3 Å². The monoisotopic (exact) mass is 267 g/mol. The van der Waals surface area contributed by atoms with Crippen LogP contribution in [0.3, 0.4) is 0 Å². The van der Waals surface area contributed by atoms with Gasteiger partial charge in [0, 0.05) is 18.5 Å². The van der Waals surface area contributed by atoms with E-state index in [2.05, 4.69) is 10.1 Å². The first-order chi connectivity index (χ1) is 8.65. The largest absolute Gasteiger partial charge is 0.495 e. The van der Waals surface area contributed by atoms with Crippen LogP contribution in [0.4, 0.5) is 0 Å². The molecule has 1 aromatic heterocycles. The maximum Gasteiger partial charge on any atom is 0.228 e. The van der Waals surface area contributed by atoms with Crippen molar-refractivity contribution >= 4 is 11.6 Å². The zero-order valence-electron chi connectivity index (χ0n) is 10.2. The summed E-state index contributed by atoms with van der Waals surface area (Å²) >= 11 is 6.09. The molecular weight excluding hydrogens is 254 g/mol. The van der Waals surface area contributed by atoms with Crippen LogP contribution in [0.25, 0.3) is 11.4 Å². The zero-order valence-corrected chi connectivity index (χ0v) is 11.0. The highest BCUT2D eigenvalue weighted by Crippen LogP contribution is 2.32. The van der Waals surface area contributed by atoms with Gasteiger partial charge in [-0.1, -0.05) is 16.8 Å². The van der Waals surface area contributed by atoms with Crippen molar-refractivity contribution in [3.8, 4) is 17.1 Å². The van der Waals surface area contributed by atoms with Crippen LogP contribution in [0.1, 0.15) is 11.5 Å². The van der Waals surface area contributed by atoms with E-state index in [0.717, 1.165) is 11.1 Å². The average Bonchev–Trinajstić information content (AvgIpc) is 2.80. The van der Waals surface area contributed by atoms with Gasteiger partial charge in [0.25, 0.3) is 0 Å². The number of halogens is 1. The summed E-state index contributed by atoms with van der Waals surface area (Å²) in [5, 5.41) is 4.44. The molecule has 0 saturated carbocycles. The van der Waals surface area contributed by atoms with E-state index in [0.29, 0.717) is 35.5 Å². The maximum absolute atomic E-state index is 6.09. The van der Waals surface area contributed by atoms with Crippen LogP contribution in [0.15, 0.2) is 16.7 Å². The van der Waals surface area contributed by atoms with Gasteiger partial charge in [-0.2, -0.15) is 4.98 Å². The van der Waals surface area contributed by atoms with E-state index in [1.807, 2.05) is 13.0 Å². The van der Waals surface area contributed by atoms with Gasteiger partial charge in [-0.15, -0.1) is 0 Å². The minimum atomic E-state index is 0.476. The van der Waals surface area contributed by atoms with E-state index in [-0.39, 0.29) is 0 Å². The summed E-state index contributed by atoms with van der Waals surface area (Å²) in [6.45, 7) is 2.41. The van der Waals surface area contributed by atoms with Crippen LogP contribution in [0, 0.1) is 6.92 Å². The molecule has 0 aliphatic carbocycles. The molecule has 5 nitrogen and oxygen atoms in total. The fourth-order valence-electron chi connectivity index (χ4n) is 1.64. The molecule has 2 aromatic rings. The predicted molar refractivity (Wildman–Crippen MR) is 68.8 cm³/mol. The number of rotatable bonds is 4. The lowest BCUT2D eigenvalue weighted by molar-refractivity contribution is 0.380. The van der Waals surface area contributed by atoms with Gasteiger partial charge in [0.1, 0.15) is 5.75 Å². The highest BCUT2D eigenvalue weighted by molar-refractivity contribution is 6.32. The molecular formula is C12H14ClN3O2. The summed E-state index contributed by atoms with van der Waals surface area (Å²) in [6.07, 6.45) is 0.565. The third-order valence-corrected chi connectivity index (χ3v) is 2.86. The van der Waals surface area contributed by atoms with E-state index < -0.39 is 0 Å². The number of aromatic nitrogens is 2. The second-order valence-corrected chi connectivity index (χ2v) is 4.26. The zero-order chi connectivity index (χ0) is 13.1.